The van der Waals surface area contributed by atoms with Crippen LogP contribution in [-0.4, -0.2) is 35.1 Å². The van der Waals surface area contributed by atoms with Gasteiger partial charge in [-0.2, -0.15) is 0 Å². The molecule has 0 spiro atoms. The number of pyridine rings is 1. The molecule has 0 saturated carbocycles. The van der Waals surface area contributed by atoms with Crippen molar-refractivity contribution in [2.75, 3.05) is 13.1 Å². The highest BCUT2D eigenvalue weighted by Crippen LogP contribution is 2.21. The molecular formula is C13H18BrN3. The maximum Gasteiger partial charge on any atom is 0.0410 e. The van der Waals surface area contributed by atoms with Crippen molar-refractivity contribution in [3.05, 3.63) is 28.5 Å². The van der Waals surface area contributed by atoms with Gasteiger partial charge in [0, 0.05) is 48.6 Å². The quantitative estimate of drug-likeness (QED) is 0.906. The number of nitrogens with zero attached hydrogens (tertiary/aromatic N) is 2. The largest absolute Gasteiger partial charge is 0.310 e. The van der Waals surface area contributed by atoms with Crippen LogP contribution in [0.4, 0.5) is 0 Å². The first-order valence-corrected chi connectivity index (χ1v) is 7.17. The van der Waals surface area contributed by atoms with Crippen molar-refractivity contribution in [1.29, 1.82) is 0 Å². The smallest absolute Gasteiger partial charge is 0.0410 e. The molecule has 2 unspecified atom stereocenters. The van der Waals surface area contributed by atoms with Crippen LogP contribution in [0, 0.1) is 0 Å². The number of fused-ring (bicyclic) bond motifs is 2. The Hall–Kier alpha value is -0.450. The summed E-state index contributed by atoms with van der Waals surface area (Å²) in [4.78, 5) is 6.79. The molecule has 17 heavy (non-hydrogen) atoms. The lowest BCUT2D eigenvalue weighted by Gasteiger charge is -2.23. The van der Waals surface area contributed by atoms with Gasteiger partial charge in [-0.15, -0.1) is 0 Å². The van der Waals surface area contributed by atoms with Gasteiger partial charge in [0.05, 0.1) is 0 Å². The molecular weight excluding hydrogens is 278 g/mol. The Balaban J connectivity index is 1.65. The van der Waals surface area contributed by atoms with Crippen molar-refractivity contribution < 1.29 is 0 Å². The number of halogens is 1. The molecule has 1 aromatic heterocycles. The molecule has 3 rings (SSSR count). The third kappa shape index (κ3) is 2.87. The fourth-order valence-electron chi connectivity index (χ4n) is 2.96. The summed E-state index contributed by atoms with van der Waals surface area (Å²) in [6.07, 6.45) is 7.82. The first-order valence-electron chi connectivity index (χ1n) is 6.37. The van der Waals surface area contributed by atoms with E-state index in [0.29, 0.717) is 6.04 Å². The van der Waals surface area contributed by atoms with Crippen LogP contribution in [-0.2, 0) is 6.54 Å². The van der Waals surface area contributed by atoms with Gasteiger partial charge in [-0.25, -0.2) is 0 Å². The van der Waals surface area contributed by atoms with Crippen LogP contribution in [0.3, 0.4) is 0 Å². The monoisotopic (exact) mass is 295 g/mol. The van der Waals surface area contributed by atoms with Crippen molar-refractivity contribution in [1.82, 2.24) is 15.2 Å². The standard InChI is InChI=1S/C13H18BrN3/c14-11-5-10(6-15-7-11)8-17-4-3-12-1-2-13(9-17)16-12/h5-7,12-13,16H,1-4,8-9H2. The average Bonchev–Trinajstić information content (AvgIpc) is 2.63. The van der Waals surface area contributed by atoms with E-state index in [0.717, 1.165) is 17.1 Å². The van der Waals surface area contributed by atoms with Crippen molar-refractivity contribution >= 4 is 15.9 Å². The van der Waals surface area contributed by atoms with Gasteiger partial charge in [-0.3, -0.25) is 9.88 Å². The molecule has 0 aromatic carbocycles. The summed E-state index contributed by atoms with van der Waals surface area (Å²) in [5.41, 5.74) is 1.30. The number of rotatable bonds is 2. The molecule has 2 saturated heterocycles. The Kier molecular flexibility index (Phi) is 3.45. The SMILES string of the molecule is Brc1cncc(CN2CCC3CCC(C2)N3)c1. The molecule has 92 valence electrons. The minimum absolute atomic E-state index is 0.711. The Morgan fingerprint density at radius 2 is 2.18 bits per heavy atom. The van der Waals surface area contributed by atoms with E-state index in [9.17, 15) is 0 Å². The first kappa shape index (κ1) is 11.6. The molecule has 1 aromatic rings. The lowest BCUT2D eigenvalue weighted by molar-refractivity contribution is 0.250. The molecule has 2 atom stereocenters. The maximum absolute atomic E-state index is 4.23. The van der Waals surface area contributed by atoms with Gasteiger partial charge >= 0.3 is 0 Å². The second kappa shape index (κ2) is 5.04. The molecule has 2 bridgehead atoms. The van der Waals surface area contributed by atoms with Crippen molar-refractivity contribution in [3.8, 4) is 0 Å². The van der Waals surface area contributed by atoms with E-state index in [1.54, 1.807) is 0 Å². The van der Waals surface area contributed by atoms with E-state index in [1.807, 2.05) is 12.4 Å². The Morgan fingerprint density at radius 3 is 3.06 bits per heavy atom. The fourth-order valence-corrected chi connectivity index (χ4v) is 3.37. The van der Waals surface area contributed by atoms with Gasteiger partial charge in [0.1, 0.15) is 0 Å². The summed E-state index contributed by atoms with van der Waals surface area (Å²) >= 11 is 3.48. The van der Waals surface area contributed by atoms with Crippen LogP contribution in [0.15, 0.2) is 22.9 Å². The van der Waals surface area contributed by atoms with E-state index in [1.165, 1.54) is 37.9 Å². The van der Waals surface area contributed by atoms with E-state index in [-0.39, 0.29) is 0 Å². The predicted octanol–water partition coefficient (Wildman–Crippen LogP) is 2.17. The number of likely N-dealkylation sites (tertiary alicyclic amines) is 1. The molecule has 0 amide bonds. The number of hydrogen-bond donors (Lipinski definition) is 1. The lowest BCUT2D eigenvalue weighted by Crippen LogP contribution is -2.34. The molecule has 0 radical (unpaired) electrons. The first-order chi connectivity index (χ1) is 8.29. The van der Waals surface area contributed by atoms with Gasteiger partial charge in [0.25, 0.3) is 0 Å². The Morgan fingerprint density at radius 1 is 1.29 bits per heavy atom. The van der Waals surface area contributed by atoms with Gasteiger partial charge in [0.15, 0.2) is 0 Å². The van der Waals surface area contributed by atoms with Gasteiger partial charge in [0.2, 0.25) is 0 Å². The molecule has 3 heterocycles. The summed E-state index contributed by atoms with van der Waals surface area (Å²) in [5.74, 6) is 0. The van der Waals surface area contributed by atoms with Crippen molar-refractivity contribution in [2.45, 2.75) is 37.9 Å². The third-order valence-corrected chi connectivity index (χ3v) is 4.21. The molecule has 4 heteroatoms. The zero-order valence-electron chi connectivity index (χ0n) is 9.90. The van der Waals surface area contributed by atoms with Gasteiger partial charge in [-0.1, -0.05) is 0 Å². The highest BCUT2D eigenvalue weighted by Gasteiger charge is 2.28. The fraction of sp³-hybridized carbons (Fsp3) is 0.615. The highest BCUT2D eigenvalue weighted by atomic mass is 79.9. The van der Waals surface area contributed by atoms with Gasteiger partial charge < -0.3 is 5.32 Å². The van der Waals surface area contributed by atoms with E-state index < -0.39 is 0 Å². The Bertz CT molecular complexity index is 396. The second-order valence-corrected chi connectivity index (χ2v) is 6.09. The summed E-state index contributed by atoms with van der Waals surface area (Å²) in [6.45, 7) is 3.42. The molecule has 2 aliphatic heterocycles. The minimum Gasteiger partial charge on any atom is -0.310 e. The molecule has 3 nitrogen and oxygen atoms in total. The van der Waals surface area contributed by atoms with Crippen LogP contribution in [0.5, 0.6) is 0 Å². The van der Waals surface area contributed by atoms with Crippen LogP contribution in [0.25, 0.3) is 0 Å². The normalized spacial score (nSPS) is 29.2. The highest BCUT2D eigenvalue weighted by molar-refractivity contribution is 9.10. The Labute approximate surface area is 111 Å². The number of hydrogen-bond acceptors (Lipinski definition) is 3. The topological polar surface area (TPSA) is 28.2 Å². The minimum atomic E-state index is 0.711. The summed E-state index contributed by atoms with van der Waals surface area (Å²) in [6, 6.07) is 3.65. The maximum atomic E-state index is 4.23. The molecule has 1 N–H and O–H groups in total. The number of nitrogens with one attached hydrogen (secondary N) is 1. The molecule has 0 aliphatic carbocycles. The van der Waals surface area contributed by atoms with Crippen molar-refractivity contribution in [2.24, 2.45) is 0 Å². The van der Waals surface area contributed by atoms with Crippen LogP contribution in [0.1, 0.15) is 24.8 Å². The zero-order chi connectivity index (χ0) is 11.7. The number of aromatic nitrogens is 1. The lowest BCUT2D eigenvalue weighted by atomic mass is 10.1. The second-order valence-electron chi connectivity index (χ2n) is 5.17. The van der Waals surface area contributed by atoms with Crippen LogP contribution < -0.4 is 5.32 Å². The zero-order valence-corrected chi connectivity index (χ0v) is 11.5. The molecule has 2 fully saturated rings. The summed E-state index contributed by atoms with van der Waals surface area (Å²) < 4.78 is 1.07. The summed E-state index contributed by atoms with van der Waals surface area (Å²) in [7, 11) is 0. The van der Waals surface area contributed by atoms with Crippen LogP contribution >= 0.6 is 15.9 Å². The van der Waals surface area contributed by atoms with Gasteiger partial charge in [-0.05, 0) is 46.8 Å². The van der Waals surface area contributed by atoms with Crippen LogP contribution in [0.2, 0.25) is 0 Å². The van der Waals surface area contributed by atoms with E-state index in [2.05, 4.69) is 37.2 Å². The molecule has 2 aliphatic rings. The summed E-state index contributed by atoms with van der Waals surface area (Å²) in [5, 5.41) is 3.71. The van der Waals surface area contributed by atoms with Crippen molar-refractivity contribution in [3.63, 3.8) is 0 Å². The average molecular weight is 296 g/mol. The van der Waals surface area contributed by atoms with E-state index in [4.69, 9.17) is 0 Å². The third-order valence-electron chi connectivity index (χ3n) is 3.78. The predicted molar refractivity (Wildman–Crippen MR) is 71.8 cm³/mol. The van der Waals surface area contributed by atoms with E-state index >= 15 is 0 Å².